The highest BCUT2D eigenvalue weighted by atomic mass is 16.3. The third kappa shape index (κ3) is 2.70. The van der Waals surface area contributed by atoms with Crippen molar-refractivity contribution in [3.05, 3.63) is 83.3 Å². The van der Waals surface area contributed by atoms with Crippen LogP contribution < -0.4 is 0 Å². The van der Waals surface area contributed by atoms with Crippen LogP contribution in [0.5, 0.6) is 0 Å². The van der Waals surface area contributed by atoms with Crippen LogP contribution in [0.25, 0.3) is 10.9 Å². The van der Waals surface area contributed by atoms with E-state index < -0.39 is 0 Å². The molecule has 2 aromatic heterocycles. The van der Waals surface area contributed by atoms with Gasteiger partial charge >= 0.3 is 0 Å². The van der Waals surface area contributed by atoms with E-state index in [4.69, 9.17) is 0 Å². The van der Waals surface area contributed by atoms with Gasteiger partial charge in [0.1, 0.15) is 5.69 Å². The molecule has 0 unspecified atom stereocenters. The van der Waals surface area contributed by atoms with Gasteiger partial charge < -0.3 is 10.1 Å². The third-order valence-corrected chi connectivity index (χ3v) is 4.28. The summed E-state index contributed by atoms with van der Waals surface area (Å²) in [5.74, 6) is 0. The summed E-state index contributed by atoms with van der Waals surface area (Å²) in [7, 11) is 0. The molecule has 24 heavy (non-hydrogen) atoms. The first kappa shape index (κ1) is 14.7. The number of nitrogens with zero attached hydrogens (tertiary/aromatic N) is 3. The van der Waals surface area contributed by atoms with Crippen LogP contribution in [-0.2, 0) is 19.6 Å². The summed E-state index contributed by atoms with van der Waals surface area (Å²) < 4.78 is 1.88. The maximum Gasteiger partial charge on any atom is 0.112 e. The van der Waals surface area contributed by atoms with Crippen molar-refractivity contribution in [1.82, 2.24) is 20.0 Å². The molecule has 0 fully saturated rings. The average Bonchev–Trinajstić information content (AvgIpc) is 3.21. The molecule has 0 spiro atoms. The Kier molecular flexibility index (Phi) is 3.84. The Morgan fingerprint density at radius 2 is 1.79 bits per heavy atom. The van der Waals surface area contributed by atoms with Gasteiger partial charge in [-0.15, -0.1) is 5.10 Å². The lowest BCUT2D eigenvalue weighted by molar-refractivity contribution is 0.275. The van der Waals surface area contributed by atoms with Gasteiger partial charge in [0.25, 0.3) is 0 Å². The van der Waals surface area contributed by atoms with Gasteiger partial charge in [0.2, 0.25) is 0 Å². The molecule has 4 aromatic rings. The molecule has 4 rings (SSSR count). The number of para-hydroxylation sites is 1. The van der Waals surface area contributed by atoms with Gasteiger partial charge in [-0.05, 0) is 17.2 Å². The van der Waals surface area contributed by atoms with E-state index in [-0.39, 0.29) is 6.61 Å². The monoisotopic (exact) mass is 318 g/mol. The first-order chi connectivity index (χ1) is 11.8. The van der Waals surface area contributed by atoms with Crippen LogP contribution in [-0.4, -0.2) is 25.1 Å². The smallest absolute Gasteiger partial charge is 0.112 e. The van der Waals surface area contributed by atoms with Crippen LogP contribution in [0.1, 0.15) is 22.5 Å². The molecule has 5 heteroatoms. The Morgan fingerprint density at radius 3 is 2.62 bits per heavy atom. The SMILES string of the molecule is OCc1nnn(Cc2ccccc2)c1Cc1c[nH]c2ccccc12. The molecule has 120 valence electrons. The van der Waals surface area contributed by atoms with E-state index in [0.717, 1.165) is 16.8 Å². The van der Waals surface area contributed by atoms with Crippen LogP contribution >= 0.6 is 0 Å². The number of hydrogen-bond acceptors (Lipinski definition) is 3. The lowest BCUT2D eigenvalue weighted by Gasteiger charge is -2.07. The zero-order valence-electron chi connectivity index (χ0n) is 13.2. The van der Waals surface area contributed by atoms with E-state index in [1.165, 1.54) is 10.9 Å². The number of fused-ring (bicyclic) bond motifs is 1. The molecule has 0 atom stereocenters. The van der Waals surface area contributed by atoms with Crippen molar-refractivity contribution in [3.8, 4) is 0 Å². The Labute approximate surface area is 139 Å². The van der Waals surface area contributed by atoms with Crippen LogP contribution in [0.3, 0.4) is 0 Å². The zero-order chi connectivity index (χ0) is 16.4. The van der Waals surface area contributed by atoms with E-state index in [0.29, 0.717) is 18.7 Å². The van der Waals surface area contributed by atoms with Crippen molar-refractivity contribution in [3.63, 3.8) is 0 Å². The molecule has 0 radical (unpaired) electrons. The first-order valence-corrected chi connectivity index (χ1v) is 7.96. The molecule has 2 aromatic carbocycles. The Bertz CT molecular complexity index is 956. The number of aromatic nitrogens is 4. The van der Waals surface area contributed by atoms with Crippen LogP contribution in [0.4, 0.5) is 0 Å². The highest BCUT2D eigenvalue weighted by molar-refractivity contribution is 5.83. The van der Waals surface area contributed by atoms with E-state index in [2.05, 4.69) is 39.6 Å². The maximum absolute atomic E-state index is 9.62. The number of aromatic amines is 1. The maximum atomic E-state index is 9.62. The summed E-state index contributed by atoms with van der Waals surface area (Å²) in [5.41, 5.74) is 5.03. The number of nitrogens with one attached hydrogen (secondary N) is 1. The Morgan fingerprint density at radius 1 is 1.00 bits per heavy atom. The van der Waals surface area contributed by atoms with E-state index in [1.54, 1.807) is 0 Å². The van der Waals surface area contributed by atoms with Gasteiger partial charge in [-0.25, -0.2) is 4.68 Å². The van der Waals surface area contributed by atoms with Crippen LogP contribution in [0.15, 0.2) is 60.8 Å². The number of benzene rings is 2. The van der Waals surface area contributed by atoms with Gasteiger partial charge in [-0.1, -0.05) is 53.7 Å². The summed E-state index contributed by atoms with van der Waals surface area (Å²) >= 11 is 0. The molecular weight excluding hydrogens is 300 g/mol. The minimum absolute atomic E-state index is 0.105. The van der Waals surface area contributed by atoms with Crippen molar-refractivity contribution >= 4 is 10.9 Å². The fourth-order valence-corrected chi connectivity index (χ4v) is 3.03. The van der Waals surface area contributed by atoms with Gasteiger partial charge in [-0.3, -0.25) is 0 Å². The lowest BCUT2D eigenvalue weighted by atomic mass is 10.1. The number of aliphatic hydroxyl groups excluding tert-OH is 1. The van der Waals surface area contributed by atoms with Gasteiger partial charge in [0.15, 0.2) is 0 Å². The average molecular weight is 318 g/mol. The second-order valence-corrected chi connectivity index (χ2v) is 5.82. The molecule has 2 heterocycles. The number of H-pyrrole nitrogens is 1. The molecule has 0 saturated heterocycles. The lowest BCUT2D eigenvalue weighted by Crippen LogP contribution is -2.08. The summed E-state index contributed by atoms with van der Waals surface area (Å²) in [6.45, 7) is 0.540. The van der Waals surface area contributed by atoms with Gasteiger partial charge in [-0.2, -0.15) is 0 Å². The van der Waals surface area contributed by atoms with E-state index in [9.17, 15) is 5.11 Å². The van der Waals surface area contributed by atoms with Crippen molar-refractivity contribution in [2.45, 2.75) is 19.6 Å². The van der Waals surface area contributed by atoms with Gasteiger partial charge in [0.05, 0.1) is 18.8 Å². The summed E-state index contributed by atoms with van der Waals surface area (Å²) in [5, 5.41) is 19.2. The first-order valence-electron chi connectivity index (χ1n) is 7.96. The summed E-state index contributed by atoms with van der Waals surface area (Å²) in [4.78, 5) is 3.29. The molecule has 0 saturated carbocycles. The largest absolute Gasteiger partial charge is 0.390 e. The molecule has 2 N–H and O–H groups in total. The van der Waals surface area contributed by atoms with Crippen LogP contribution in [0.2, 0.25) is 0 Å². The topological polar surface area (TPSA) is 66.7 Å². The molecule has 0 amide bonds. The van der Waals surface area contributed by atoms with Crippen molar-refractivity contribution in [2.24, 2.45) is 0 Å². The fourth-order valence-electron chi connectivity index (χ4n) is 3.03. The summed E-state index contributed by atoms with van der Waals surface area (Å²) in [6, 6.07) is 18.4. The normalized spacial score (nSPS) is 11.2. The molecule has 5 nitrogen and oxygen atoms in total. The summed E-state index contributed by atoms with van der Waals surface area (Å²) in [6.07, 6.45) is 2.70. The zero-order valence-corrected chi connectivity index (χ0v) is 13.2. The van der Waals surface area contributed by atoms with Crippen molar-refractivity contribution < 1.29 is 5.11 Å². The number of rotatable bonds is 5. The standard InChI is InChI=1S/C19H18N4O/c24-13-18-19(10-15-11-20-17-9-5-4-8-16(15)17)23(22-21-18)12-14-6-2-1-3-7-14/h1-9,11,20,24H,10,12-13H2. The predicted molar refractivity (Wildman–Crippen MR) is 92.6 cm³/mol. The number of aliphatic hydroxyl groups is 1. The quantitative estimate of drug-likeness (QED) is 0.594. The highest BCUT2D eigenvalue weighted by Crippen LogP contribution is 2.22. The van der Waals surface area contributed by atoms with Gasteiger partial charge in [0, 0.05) is 23.5 Å². The number of hydrogen-bond donors (Lipinski definition) is 2. The minimum Gasteiger partial charge on any atom is -0.390 e. The van der Waals surface area contributed by atoms with Crippen LogP contribution in [0, 0.1) is 0 Å². The molecular formula is C19H18N4O. The predicted octanol–water partition coefficient (Wildman–Crippen LogP) is 2.89. The molecule has 0 aliphatic heterocycles. The fraction of sp³-hybridized carbons (Fsp3) is 0.158. The molecule has 0 bridgehead atoms. The molecule has 0 aliphatic rings. The van der Waals surface area contributed by atoms with E-state index >= 15 is 0 Å². The second kappa shape index (κ2) is 6.29. The van der Waals surface area contributed by atoms with Crippen molar-refractivity contribution in [2.75, 3.05) is 0 Å². The van der Waals surface area contributed by atoms with E-state index in [1.807, 2.05) is 41.2 Å². The third-order valence-electron chi connectivity index (χ3n) is 4.28. The second-order valence-electron chi connectivity index (χ2n) is 5.82. The molecule has 0 aliphatic carbocycles. The minimum atomic E-state index is -0.105. The Hall–Kier alpha value is -2.92. The highest BCUT2D eigenvalue weighted by Gasteiger charge is 2.15. The Balaban J connectivity index is 1.70. The van der Waals surface area contributed by atoms with Crippen molar-refractivity contribution in [1.29, 1.82) is 0 Å².